The molecule has 4 rings (SSSR count). The van der Waals surface area contributed by atoms with Crippen molar-refractivity contribution in [2.75, 3.05) is 24.4 Å². The number of nitrogens with one attached hydrogen (secondary N) is 2. The Bertz CT molecular complexity index is 1700. The lowest BCUT2D eigenvalue weighted by Crippen LogP contribution is -2.42. The summed E-state index contributed by atoms with van der Waals surface area (Å²) in [5, 5.41) is 5.58. The molecule has 0 saturated heterocycles. The van der Waals surface area contributed by atoms with Crippen molar-refractivity contribution in [3.63, 3.8) is 0 Å². The standard InChI is InChI=1S/C31H32N4O6S2/c1-21-9-12-25(13-10-21)43(39,40)35-19-24(32-20-35)18-29(36)33-23-11-14-26(27(17-23)22-7-5-4-6-8-22)30(37)34-28(15-16-42-3)31(38)41-2/h4-14,17,19-20,28H,15-16,18H2,1-3H3,(H,33,36)(H,34,37). The molecule has 1 atom stereocenters. The third kappa shape index (κ3) is 7.90. The molecule has 3 aromatic carbocycles. The second kappa shape index (κ2) is 14.2. The topological polar surface area (TPSA) is 136 Å². The van der Waals surface area contributed by atoms with Crippen molar-refractivity contribution in [3.8, 4) is 11.1 Å². The van der Waals surface area contributed by atoms with E-state index in [1.165, 1.54) is 31.8 Å². The van der Waals surface area contributed by atoms with Crippen molar-refractivity contribution in [2.45, 2.75) is 30.7 Å². The summed E-state index contributed by atoms with van der Waals surface area (Å²) < 4.78 is 31.7. The van der Waals surface area contributed by atoms with Crippen molar-refractivity contribution in [3.05, 3.63) is 102 Å². The summed E-state index contributed by atoms with van der Waals surface area (Å²) in [5.41, 5.74) is 3.25. The van der Waals surface area contributed by atoms with E-state index in [9.17, 15) is 22.8 Å². The lowest BCUT2D eigenvalue weighted by Gasteiger charge is -2.18. The molecule has 1 aromatic heterocycles. The quantitative estimate of drug-likeness (QED) is 0.224. The lowest BCUT2D eigenvalue weighted by atomic mass is 9.98. The molecule has 43 heavy (non-hydrogen) atoms. The number of carbonyl (C=O) groups excluding carboxylic acids is 3. The number of amides is 2. The molecule has 0 bridgehead atoms. The van der Waals surface area contributed by atoms with E-state index in [2.05, 4.69) is 15.6 Å². The minimum absolute atomic E-state index is 0.117. The van der Waals surface area contributed by atoms with Gasteiger partial charge in [0, 0.05) is 17.4 Å². The second-order valence-corrected chi connectivity index (χ2v) is 12.5. The van der Waals surface area contributed by atoms with Gasteiger partial charge in [0.05, 0.1) is 24.1 Å². The first kappa shape index (κ1) is 31.5. The van der Waals surface area contributed by atoms with Crippen LogP contribution in [0.4, 0.5) is 5.69 Å². The number of benzene rings is 3. The van der Waals surface area contributed by atoms with Gasteiger partial charge in [-0.2, -0.15) is 11.8 Å². The fourth-order valence-corrected chi connectivity index (χ4v) is 5.93. The number of rotatable bonds is 12. The molecular weight excluding hydrogens is 588 g/mol. The van der Waals surface area contributed by atoms with Crippen LogP contribution in [0.3, 0.4) is 0 Å². The largest absolute Gasteiger partial charge is 0.467 e. The first-order valence-electron chi connectivity index (χ1n) is 13.3. The zero-order valence-electron chi connectivity index (χ0n) is 23.9. The Morgan fingerprint density at radius 1 is 1.02 bits per heavy atom. The second-order valence-electron chi connectivity index (χ2n) is 9.70. The third-order valence-electron chi connectivity index (χ3n) is 6.59. The normalized spacial score (nSPS) is 11.9. The number of methoxy groups -OCH3 is 1. The van der Waals surface area contributed by atoms with Crippen LogP contribution in [0.15, 0.2) is 90.2 Å². The molecule has 2 amide bonds. The Morgan fingerprint density at radius 3 is 2.42 bits per heavy atom. The van der Waals surface area contributed by atoms with Crippen molar-refractivity contribution in [1.82, 2.24) is 14.3 Å². The number of hydrogen-bond donors (Lipinski definition) is 2. The van der Waals surface area contributed by atoms with E-state index in [0.717, 1.165) is 15.1 Å². The summed E-state index contributed by atoms with van der Waals surface area (Å²) in [6.07, 6.45) is 4.63. The van der Waals surface area contributed by atoms with Gasteiger partial charge < -0.3 is 15.4 Å². The number of nitrogens with zero attached hydrogens (tertiary/aromatic N) is 2. The van der Waals surface area contributed by atoms with Crippen LogP contribution in [-0.2, 0) is 30.8 Å². The molecule has 4 aromatic rings. The van der Waals surface area contributed by atoms with Crippen LogP contribution in [0, 0.1) is 6.92 Å². The Labute approximate surface area is 254 Å². The van der Waals surface area contributed by atoms with Crippen molar-refractivity contribution in [2.24, 2.45) is 0 Å². The minimum atomic E-state index is -3.85. The summed E-state index contributed by atoms with van der Waals surface area (Å²) in [6, 6.07) is 19.7. The van der Waals surface area contributed by atoms with Crippen LogP contribution in [0.2, 0.25) is 0 Å². The summed E-state index contributed by atoms with van der Waals surface area (Å²) in [6.45, 7) is 1.86. The molecular formula is C31H32N4O6S2. The Morgan fingerprint density at radius 2 is 1.74 bits per heavy atom. The highest BCUT2D eigenvalue weighted by Gasteiger charge is 2.24. The average Bonchev–Trinajstić information content (AvgIpc) is 3.48. The summed E-state index contributed by atoms with van der Waals surface area (Å²) in [5.74, 6) is -0.737. The van der Waals surface area contributed by atoms with Gasteiger partial charge in [-0.3, -0.25) is 9.59 Å². The molecule has 1 unspecified atom stereocenters. The van der Waals surface area contributed by atoms with Crippen molar-refractivity contribution >= 4 is 45.3 Å². The number of hydrogen-bond acceptors (Lipinski definition) is 8. The number of aryl methyl sites for hydroxylation is 1. The van der Waals surface area contributed by atoms with Crippen molar-refractivity contribution in [1.29, 1.82) is 0 Å². The van der Waals surface area contributed by atoms with Gasteiger partial charge in [0.15, 0.2) is 0 Å². The fraction of sp³-hybridized carbons (Fsp3) is 0.226. The predicted octanol–water partition coefficient (Wildman–Crippen LogP) is 4.30. The number of ether oxygens (including phenoxy) is 1. The van der Waals surface area contributed by atoms with Gasteiger partial charge >= 0.3 is 5.97 Å². The minimum Gasteiger partial charge on any atom is -0.467 e. The predicted molar refractivity (Wildman–Crippen MR) is 166 cm³/mol. The molecule has 0 saturated carbocycles. The van der Waals surface area contributed by atoms with E-state index >= 15 is 0 Å². The van der Waals surface area contributed by atoms with Gasteiger partial charge in [0.25, 0.3) is 15.9 Å². The highest BCUT2D eigenvalue weighted by molar-refractivity contribution is 7.98. The molecule has 1 heterocycles. The molecule has 0 radical (unpaired) electrons. The van der Waals surface area contributed by atoms with Crippen LogP contribution in [0.25, 0.3) is 11.1 Å². The first-order valence-corrected chi connectivity index (χ1v) is 16.2. The highest BCUT2D eigenvalue weighted by atomic mass is 32.2. The van der Waals surface area contributed by atoms with E-state index in [1.54, 1.807) is 42.1 Å². The monoisotopic (exact) mass is 620 g/mol. The van der Waals surface area contributed by atoms with Crippen LogP contribution >= 0.6 is 11.8 Å². The summed E-state index contributed by atoms with van der Waals surface area (Å²) >= 11 is 1.56. The Hall–Kier alpha value is -4.42. The smallest absolute Gasteiger partial charge is 0.328 e. The van der Waals surface area contributed by atoms with Crippen molar-refractivity contribution < 1.29 is 27.5 Å². The Kier molecular flexibility index (Phi) is 10.4. The molecule has 0 spiro atoms. The average molecular weight is 621 g/mol. The molecule has 12 heteroatoms. The maximum atomic E-state index is 13.3. The number of thioether (sulfide) groups is 1. The third-order valence-corrected chi connectivity index (χ3v) is 8.85. The van der Waals surface area contributed by atoms with Gasteiger partial charge in [-0.25, -0.2) is 22.2 Å². The molecule has 0 aliphatic carbocycles. The molecule has 0 fully saturated rings. The van der Waals surface area contributed by atoms with Gasteiger partial charge in [0.1, 0.15) is 12.4 Å². The molecule has 0 aliphatic heterocycles. The zero-order valence-corrected chi connectivity index (χ0v) is 25.6. The SMILES string of the molecule is COC(=O)C(CCSC)NC(=O)c1ccc(NC(=O)Cc2cn(S(=O)(=O)c3ccc(C)cc3)cn2)cc1-c1ccccc1. The number of imidazole rings is 1. The maximum Gasteiger partial charge on any atom is 0.328 e. The summed E-state index contributed by atoms with van der Waals surface area (Å²) in [7, 11) is -2.57. The molecule has 2 N–H and O–H groups in total. The van der Waals surface area contributed by atoms with Gasteiger partial charge in [-0.1, -0.05) is 48.0 Å². The summed E-state index contributed by atoms with van der Waals surface area (Å²) in [4.78, 5) is 42.8. The molecule has 10 nitrogen and oxygen atoms in total. The first-order chi connectivity index (χ1) is 20.6. The van der Waals surface area contributed by atoms with E-state index in [1.807, 2.05) is 43.5 Å². The highest BCUT2D eigenvalue weighted by Crippen LogP contribution is 2.28. The number of anilines is 1. The van der Waals surface area contributed by atoms with Gasteiger partial charge in [0.2, 0.25) is 5.91 Å². The lowest BCUT2D eigenvalue weighted by molar-refractivity contribution is -0.142. The van der Waals surface area contributed by atoms with E-state index in [4.69, 9.17) is 4.74 Å². The maximum absolute atomic E-state index is 13.3. The zero-order chi connectivity index (χ0) is 31.0. The van der Waals surface area contributed by atoms with E-state index < -0.39 is 33.8 Å². The fourth-order valence-electron chi connectivity index (χ4n) is 4.31. The molecule has 224 valence electrons. The van der Waals surface area contributed by atoms with E-state index in [-0.39, 0.29) is 17.0 Å². The number of carbonyl (C=O) groups is 3. The van der Waals surface area contributed by atoms with Gasteiger partial charge in [-0.15, -0.1) is 0 Å². The Balaban J connectivity index is 1.53. The van der Waals surface area contributed by atoms with Gasteiger partial charge in [-0.05, 0) is 66.8 Å². The van der Waals surface area contributed by atoms with Crippen LogP contribution < -0.4 is 10.6 Å². The number of aromatic nitrogens is 2. The van der Waals surface area contributed by atoms with E-state index in [0.29, 0.717) is 29.0 Å². The molecule has 0 aliphatic rings. The van der Waals surface area contributed by atoms with Crippen LogP contribution in [-0.4, -0.2) is 60.3 Å². The van der Waals surface area contributed by atoms with Crippen LogP contribution in [0.5, 0.6) is 0 Å². The number of esters is 1. The van der Waals surface area contributed by atoms with Crippen LogP contribution in [0.1, 0.15) is 28.0 Å².